The van der Waals surface area contributed by atoms with Gasteiger partial charge < -0.3 is 16.0 Å². The maximum Gasteiger partial charge on any atom is 0.276 e. The second-order valence-corrected chi connectivity index (χ2v) is 6.32. The molecule has 2 aromatic carbocycles. The number of amides is 2. The van der Waals surface area contributed by atoms with Crippen molar-refractivity contribution < 1.29 is 14.0 Å². The van der Waals surface area contributed by atoms with Crippen molar-refractivity contribution in [3.8, 4) is 0 Å². The quantitative estimate of drug-likeness (QED) is 0.571. The molecule has 0 radical (unpaired) electrons. The van der Waals surface area contributed by atoms with Crippen molar-refractivity contribution in [2.75, 3.05) is 22.5 Å². The summed E-state index contributed by atoms with van der Waals surface area (Å²) in [5, 5.41) is 16.4. The highest BCUT2D eigenvalue weighted by atomic mass is 19.1. The zero-order chi connectivity index (χ0) is 20.6. The van der Waals surface area contributed by atoms with E-state index in [1.54, 1.807) is 48.5 Å². The van der Waals surface area contributed by atoms with Gasteiger partial charge in [-0.3, -0.25) is 9.59 Å². The summed E-state index contributed by atoms with van der Waals surface area (Å²) in [6.45, 7) is 2.01. The standard InChI is InChI=1S/C21H20FN5O2/c1-14(28)24-17-3-2-4-18(13-17)25-21(29)19-9-10-20(27-26-19)23-12-11-15-5-7-16(22)8-6-15/h2-10,13H,11-12H2,1H3,(H,23,27)(H,24,28)(H,25,29). The van der Waals surface area contributed by atoms with E-state index in [-0.39, 0.29) is 17.4 Å². The van der Waals surface area contributed by atoms with Crippen LogP contribution in [0.1, 0.15) is 23.0 Å². The summed E-state index contributed by atoms with van der Waals surface area (Å²) in [5.41, 5.74) is 2.29. The number of nitrogens with zero attached hydrogens (tertiary/aromatic N) is 2. The molecule has 3 rings (SSSR count). The average Bonchev–Trinajstić information content (AvgIpc) is 2.70. The van der Waals surface area contributed by atoms with E-state index in [9.17, 15) is 14.0 Å². The molecule has 1 aromatic heterocycles. The lowest BCUT2D eigenvalue weighted by Gasteiger charge is -2.08. The first-order valence-electron chi connectivity index (χ1n) is 9.00. The van der Waals surface area contributed by atoms with Gasteiger partial charge >= 0.3 is 0 Å². The fourth-order valence-corrected chi connectivity index (χ4v) is 2.61. The Morgan fingerprint density at radius 1 is 0.931 bits per heavy atom. The molecule has 0 unspecified atom stereocenters. The molecule has 148 valence electrons. The first-order valence-corrected chi connectivity index (χ1v) is 9.00. The number of benzene rings is 2. The van der Waals surface area contributed by atoms with Crippen LogP contribution in [-0.4, -0.2) is 28.6 Å². The maximum absolute atomic E-state index is 12.9. The Bertz CT molecular complexity index is 991. The number of carbonyl (C=O) groups is 2. The third kappa shape index (κ3) is 6.10. The van der Waals surface area contributed by atoms with Gasteiger partial charge in [-0.1, -0.05) is 18.2 Å². The minimum Gasteiger partial charge on any atom is -0.368 e. The summed E-state index contributed by atoms with van der Waals surface area (Å²) < 4.78 is 12.9. The fourth-order valence-electron chi connectivity index (χ4n) is 2.61. The van der Waals surface area contributed by atoms with Crippen LogP contribution in [0.25, 0.3) is 0 Å². The predicted octanol–water partition coefficient (Wildman–Crippen LogP) is 3.48. The Hall–Kier alpha value is -3.81. The van der Waals surface area contributed by atoms with E-state index in [2.05, 4.69) is 26.1 Å². The van der Waals surface area contributed by atoms with E-state index >= 15 is 0 Å². The molecule has 0 bridgehead atoms. The Morgan fingerprint density at radius 3 is 2.31 bits per heavy atom. The summed E-state index contributed by atoms with van der Waals surface area (Å²) in [7, 11) is 0. The van der Waals surface area contributed by atoms with Crippen molar-refractivity contribution in [2.24, 2.45) is 0 Å². The molecule has 0 aliphatic heterocycles. The monoisotopic (exact) mass is 393 g/mol. The van der Waals surface area contributed by atoms with Gasteiger partial charge in [-0.25, -0.2) is 4.39 Å². The molecule has 0 aliphatic rings. The van der Waals surface area contributed by atoms with E-state index in [1.165, 1.54) is 19.1 Å². The van der Waals surface area contributed by atoms with Crippen LogP contribution in [0.3, 0.4) is 0 Å². The number of hydrogen-bond donors (Lipinski definition) is 3. The lowest BCUT2D eigenvalue weighted by molar-refractivity contribution is -0.114. The molecule has 0 spiro atoms. The molecule has 0 saturated heterocycles. The highest BCUT2D eigenvalue weighted by molar-refractivity contribution is 6.03. The smallest absolute Gasteiger partial charge is 0.276 e. The summed E-state index contributed by atoms with van der Waals surface area (Å²) in [5.74, 6) is -0.322. The largest absolute Gasteiger partial charge is 0.368 e. The molecule has 3 N–H and O–H groups in total. The van der Waals surface area contributed by atoms with Crippen LogP contribution in [0.5, 0.6) is 0 Å². The van der Waals surface area contributed by atoms with Crippen LogP contribution in [-0.2, 0) is 11.2 Å². The van der Waals surface area contributed by atoms with Crippen molar-refractivity contribution in [1.82, 2.24) is 10.2 Å². The van der Waals surface area contributed by atoms with E-state index in [1.807, 2.05) is 0 Å². The zero-order valence-corrected chi connectivity index (χ0v) is 15.8. The molecule has 0 aliphatic carbocycles. The SMILES string of the molecule is CC(=O)Nc1cccc(NC(=O)c2ccc(NCCc3ccc(F)cc3)nn2)c1. The lowest BCUT2D eigenvalue weighted by atomic mass is 10.1. The Labute approximate surface area is 167 Å². The van der Waals surface area contributed by atoms with Crippen molar-refractivity contribution in [2.45, 2.75) is 13.3 Å². The van der Waals surface area contributed by atoms with Crippen LogP contribution in [0.4, 0.5) is 21.6 Å². The normalized spacial score (nSPS) is 10.3. The van der Waals surface area contributed by atoms with Crippen LogP contribution in [0.2, 0.25) is 0 Å². The van der Waals surface area contributed by atoms with E-state index < -0.39 is 5.91 Å². The van der Waals surface area contributed by atoms with E-state index in [0.29, 0.717) is 30.2 Å². The van der Waals surface area contributed by atoms with Gasteiger partial charge in [0.2, 0.25) is 5.91 Å². The van der Waals surface area contributed by atoms with Gasteiger partial charge in [0.25, 0.3) is 5.91 Å². The molecule has 7 nitrogen and oxygen atoms in total. The van der Waals surface area contributed by atoms with Gasteiger partial charge in [0, 0.05) is 24.8 Å². The van der Waals surface area contributed by atoms with Crippen LogP contribution in [0.15, 0.2) is 60.7 Å². The summed E-state index contributed by atoms with van der Waals surface area (Å²) in [6.07, 6.45) is 0.703. The number of halogens is 1. The third-order valence-electron chi connectivity index (χ3n) is 3.97. The lowest BCUT2D eigenvalue weighted by Crippen LogP contribution is -2.15. The molecule has 0 saturated carbocycles. The van der Waals surface area contributed by atoms with Gasteiger partial charge in [0.05, 0.1) is 0 Å². The first kappa shape index (κ1) is 19.9. The van der Waals surface area contributed by atoms with Crippen LogP contribution in [0, 0.1) is 5.82 Å². The second kappa shape index (κ2) is 9.41. The molecule has 8 heteroatoms. The number of carbonyl (C=O) groups excluding carboxylic acids is 2. The number of nitrogens with one attached hydrogen (secondary N) is 3. The number of hydrogen-bond acceptors (Lipinski definition) is 5. The summed E-state index contributed by atoms with van der Waals surface area (Å²) >= 11 is 0. The van der Waals surface area contributed by atoms with Crippen molar-refractivity contribution >= 4 is 29.0 Å². The second-order valence-electron chi connectivity index (χ2n) is 6.32. The molecular formula is C21H20FN5O2. The zero-order valence-electron chi connectivity index (χ0n) is 15.8. The van der Waals surface area contributed by atoms with Crippen molar-refractivity contribution in [3.63, 3.8) is 0 Å². The van der Waals surface area contributed by atoms with Crippen LogP contribution >= 0.6 is 0 Å². The molecule has 29 heavy (non-hydrogen) atoms. The molecular weight excluding hydrogens is 373 g/mol. The number of aromatic nitrogens is 2. The topological polar surface area (TPSA) is 96.0 Å². The van der Waals surface area contributed by atoms with E-state index in [0.717, 1.165) is 5.56 Å². The Balaban J connectivity index is 1.53. The van der Waals surface area contributed by atoms with Gasteiger partial charge in [-0.15, -0.1) is 10.2 Å². The molecule has 2 amide bonds. The minimum atomic E-state index is -0.407. The van der Waals surface area contributed by atoms with Crippen molar-refractivity contribution in [3.05, 3.63) is 77.7 Å². The minimum absolute atomic E-state index is 0.166. The van der Waals surface area contributed by atoms with E-state index in [4.69, 9.17) is 0 Å². The predicted molar refractivity (Wildman–Crippen MR) is 109 cm³/mol. The number of anilines is 3. The molecule has 1 heterocycles. The van der Waals surface area contributed by atoms with Gasteiger partial charge in [0.15, 0.2) is 5.69 Å². The average molecular weight is 393 g/mol. The van der Waals surface area contributed by atoms with Crippen LogP contribution < -0.4 is 16.0 Å². The molecule has 3 aromatic rings. The number of rotatable bonds is 7. The van der Waals surface area contributed by atoms with Gasteiger partial charge in [0.1, 0.15) is 11.6 Å². The van der Waals surface area contributed by atoms with Crippen molar-refractivity contribution in [1.29, 1.82) is 0 Å². The summed E-state index contributed by atoms with van der Waals surface area (Å²) in [4.78, 5) is 23.5. The van der Waals surface area contributed by atoms with Gasteiger partial charge in [-0.2, -0.15) is 0 Å². The Kier molecular flexibility index (Phi) is 6.47. The fraction of sp³-hybridized carbons (Fsp3) is 0.143. The Morgan fingerprint density at radius 2 is 1.66 bits per heavy atom. The highest BCUT2D eigenvalue weighted by Gasteiger charge is 2.09. The van der Waals surface area contributed by atoms with Gasteiger partial charge in [-0.05, 0) is 54.4 Å². The molecule has 0 fully saturated rings. The highest BCUT2D eigenvalue weighted by Crippen LogP contribution is 2.16. The first-order chi connectivity index (χ1) is 14.0. The maximum atomic E-state index is 12.9. The molecule has 0 atom stereocenters. The third-order valence-corrected chi connectivity index (χ3v) is 3.97. The summed E-state index contributed by atoms with van der Waals surface area (Å²) in [6, 6.07) is 16.4.